The van der Waals surface area contributed by atoms with Crippen molar-refractivity contribution in [2.75, 3.05) is 22.1 Å². The minimum atomic E-state index is -0.487. The number of amides is 3. The van der Waals surface area contributed by atoms with Gasteiger partial charge in [0.15, 0.2) is 0 Å². The number of aryl methyl sites for hydroxylation is 2. The third-order valence-electron chi connectivity index (χ3n) is 7.39. The van der Waals surface area contributed by atoms with E-state index < -0.39 is 11.7 Å². The van der Waals surface area contributed by atoms with E-state index in [1.165, 1.54) is 17.4 Å². The summed E-state index contributed by atoms with van der Waals surface area (Å²) in [7, 11) is 0. The lowest BCUT2D eigenvalue weighted by molar-refractivity contribution is 0.0985. The molecule has 3 aromatic carbocycles. The van der Waals surface area contributed by atoms with Gasteiger partial charge < -0.3 is 15.5 Å². The predicted molar refractivity (Wildman–Crippen MR) is 173 cm³/mol. The maximum atomic E-state index is 14.4. The number of nitrogens with zero attached hydrogens (tertiary/aromatic N) is 2. The number of pyridine rings is 1. The SMILES string of the molecule is Cc1cnc(Cl)c(C(=O)Nc2ccc(C(=O)N3CCc4cc(C(=O)Nc5c(C)cccc5F)sc4-c4ccccc43)cc2)c1. The highest BCUT2D eigenvalue weighted by Crippen LogP contribution is 2.42. The fraction of sp³-hybridized carbons (Fsp3) is 0.118. The number of aromatic nitrogens is 1. The van der Waals surface area contributed by atoms with Crippen molar-refractivity contribution in [3.63, 3.8) is 0 Å². The van der Waals surface area contributed by atoms with Crippen molar-refractivity contribution in [2.45, 2.75) is 20.3 Å². The van der Waals surface area contributed by atoms with Crippen LogP contribution in [0.5, 0.6) is 0 Å². The van der Waals surface area contributed by atoms with Crippen molar-refractivity contribution in [1.29, 1.82) is 0 Å². The van der Waals surface area contributed by atoms with Crippen LogP contribution in [0.1, 0.15) is 47.1 Å². The van der Waals surface area contributed by atoms with Gasteiger partial charge in [0.2, 0.25) is 0 Å². The van der Waals surface area contributed by atoms with Crippen LogP contribution in [0.2, 0.25) is 5.15 Å². The molecule has 7 nitrogen and oxygen atoms in total. The Balaban J connectivity index is 1.22. The molecule has 0 unspecified atom stereocenters. The lowest BCUT2D eigenvalue weighted by Crippen LogP contribution is -2.32. The number of para-hydroxylation sites is 2. The molecule has 0 aliphatic carbocycles. The van der Waals surface area contributed by atoms with E-state index in [1.807, 2.05) is 37.3 Å². The molecule has 0 radical (unpaired) electrons. The molecule has 0 bridgehead atoms. The van der Waals surface area contributed by atoms with E-state index in [2.05, 4.69) is 15.6 Å². The van der Waals surface area contributed by atoms with Gasteiger partial charge >= 0.3 is 0 Å². The van der Waals surface area contributed by atoms with Crippen molar-refractivity contribution in [3.8, 4) is 10.4 Å². The second kappa shape index (κ2) is 12.0. The quantitative estimate of drug-likeness (QED) is 0.194. The monoisotopic (exact) mass is 624 g/mol. The van der Waals surface area contributed by atoms with Crippen LogP contribution in [-0.4, -0.2) is 29.3 Å². The maximum Gasteiger partial charge on any atom is 0.265 e. The van der Waals surface area contributed by atoms with Crippen LogP contribution in [0.4, 0.5) is 21.5 Å². The summed E-state index contributed by atoms with van der Waals surface area (Å²) >= 11 is 7.42. The molecular formula is C34H26ClFN4O3S. The average Bonchev–Trinajstić information content (AvgIpc) is 3.38. The van der Waals surface area contributed by atoms with Crippen molar-refractivity contribution in [2.24, 2.45) is 0 Å². The molecule has 2 N–H and O–H groups in total. The van der Waals surface area contributed by atoms with Gasteiger partial charge in [0.1, 0.15) is 11.0 Å². The number of rotatable bonds is 5. The van der Waals surface area contributed by atoms with Crippen molar-refractivity contribution < 1.29 is 18.8 Å². The largest absolute Gasteiger partial charge is 0.322 e. The van der Waals surface area contributed by atoms with Gasteiger partial charge in [-0.15, -0.1) is 11.3 Å². The lowest BCUT2D eigenvalue weighted by atomic mass is 10.1. The normalized spacial score (nSPS) is 12.1. The van der Waals surface area contributed by atoms with Crippen molar-refractivity contribution in [1.82, 2.24) is 4.98 Å². The number of hydrogen-bond donors (Lipinski definition) is 2. The van der Waals surface area contributed by atoms with Gasteiger partial charge in [0, 0.05) is 34.4 Å². The minimum absolute atomic E-state index is 0.112. The molecule has 6 rings (SSSR count). The topological polar surface area (TPSA) is 91.4 Å². The van der Waals surface area contributed by atoms with Gasteiger partial charge in [-0.3, -0.25) is 14.4 Å². The molecule has 220 valence electrons. The van der Waals surface area contributed by atoms with Crippen LogP contribution < -0.4 is 15.5 Å². The van der Waals surface area contributed by atoms with E-state index in [4.69, 9.17) is 11.6 Å². The second-order valence-electron chi connectivity index (χ2n) is 10.5. The number of benzene rings is 3. The smallest absolute Gasteiger partial charge is 0.265 e. The van der Waals surface area contributed by atoms with Crippen LogP contribution in [0, 0.1) is 19.7 Å². The second-order valence-corrected chi connectivity index (χ2v) is 11.9. The molecule has 0 fully saturated rings. The zero-order chi connectivity index (χ0) is 31.0. The Kier molecular flexibility index (Phi) is 7.99. The maximum absolute atomic E-state index is 14.4. The predicted octanol–water partition coefficient (Wildman–Crippen LogP) is 7.93. The van der Waals surface area contributed by atoms with Crippen LogP contribution in [0.3, 0.4) is 0 Å². The number of halogens is 2. The van der Waals surface area contributed by atoms with E-state index in [0.717, 1.165) is 27.3 Å². The number of carbonyl (C=O) groups is 3. The van der Waals surface area contributed by atoms with E-state index >= 15 is 0 Å². The molecule has 0 saturated carbocycles. The summed E-state index contributed by atoms with van der Waals surface area (Å²) in [6.07, 6.45) is 2.11. The zero-order valence-electron chi connectivity index (χ0n) is 23.8. The Morgan fingerprint density at radius 1 is 0.932 bits per heavy atom. The Morgan fingerprint density at radius 3 is 2.48 bits per heavy atom. The zero-order valence-corrected chi connectivity index (χ0v) is 25.4. The Labute approximate surface area is 262 Å². The molecule has 2 aromatic heterocycles. The summed E-state index contributed by atoms with van der Waals surface area (Å²) in [4.78, 5) is 46.8. The molecule has 0 saturated heterocycles. The summed E-state index contributed by atoms with van der Waals surface area (Å²) in [5.74, 6) is -1.45. The van der Waals surface area contributed by atoms with Crippen LogP contribution in [0.15, 0.2) is 85.1 Å². The highest BCUT2D eigenvalue weighted by molar-refractivity contribution is 7.17. The number of fused-ring (bicyclic) bond motifs is 3. The molecule has 1 aliphatic heterocycles. The first-order chi connectivity index (χ1) is 21.2. The highest BCUT2D eigenvalue weighted by atomic mass is 35.5. The number of carbonyl (C=O) groups excluding carboxylic acids is 3. The first-order valence-corrected chi connectivity index (χ1v) is 15.0. The Bertz CT molecular complexity index is 1920. The van der Waals surface area contributed by atoms with Crippen LogP contribution in [0.25, 0.3) is 10.4 Å². The molecular weight excluding hydrogens is 599 g/mol. The van der Waals surface area contributed by atoms with Gasteiger partial charge in [-0.05, 0) is 85.5 Å². The molecule has 0 spiro atoms. The first kappa shape index (κ1) is 29.2. The van der Waals surface area contributed by atoms with Crippen molar-refractivity contribution in [3.05, 3.63) is 129 Å². The van der Waals surface area contributed by atoms with Crippen molar-refractivity contribution >= 4 is 57.7 Å². The average molecular weight is 625 g/mol. The number of nitrogens with one attached hydrogen (secondary N) is 2. The van der Waals surface area contributed by atoms with E-state index in [1.54, 1.807) is 60.5 Å². The summed E-state index contributed by atoms with van der Waals surface area (Å²) in [5.41, 5.74) is 5.36. The molecule has 3 heterocycles. The fourth-order valence-corrected chi connectivity index (χ4v) is 6.48. The van der Waals surface area contributed by atoms with Gasteiger partial charge in [-0.1, -0.05) is 41.9 Å². The summed E-state index contributed by atoms with van der Waals surface area (Å²) < 4.78 is 14.4. The Morgan fingerprint density at radius 2 is 1.70 bits per heavy atom. The Hall–Kier alpha value is -4.86. The van der Waals surface area contributed by atoms with Gasteiger partial charge in [0.05, 0.1) is 21.8 Å². The fourth-order valence-electron chi connectivity index (χ4n) is 5.15. The highest BCUT2D eigenvalue weighted by Gasteiger charge is 2.28. The van der Waals surface area contributed by atoms with Gasteiger partial charge in [0.25, 0.3) is 17.7 Å². The van der Waals surface area contributed by atoms with E-state index in [-0.39, 0.29) is 28.2 Å². The summed E-state index contributed by atoms with van der Waals surface area (Å²) in [5, 5.41) is 5.63. The standard InChI is InChI=1S/C34H26ClFN4O3S/c1-19-16-25(31(35)37-18-19)32(41)38-23-12-10-21(11-13-23)34(43)40-15-14-22-17-28(44-30(22)24-7-3-4-9-27(24)40)33(42)39-29-20(2)6-5-8-26(29)36/h3-13,16-18H,14-15H2,1-2H3,(H,38,41)(H,39,42). The third-order valence-corrected chi connectivity index (χ3v) is 8.90. The molecule has 0 atom stereocenters. The van der Waals surface area contributed by atoms with Gasteiger partial charge in [-0.25, -0.2) is 9.37 Å². The molecule has 1 aliphatic rings. The number of anilines is 3. The van der Waals surface area contributed by atoms with E-state index in [9.17, 15) is 18.8 Å². The lowest BCUT2D eigenvalue weighted by Gasteiger charge is -2.23. The van der Waals surface area contributed by atoms with Gasteiger partial charge in [-0.2, -0.15) is 0 Å². The third kappa shape index (κ3) is 5.71. The van der Waals surface area contributed by atoms with E-state index in [0.29, 0.717) is 34.7 Å². The molecule has 3 amide bonds. The van der Waals surface area contributed by atoms with Crippen LogP contribution >= 0.6 is 22.9 Å². The summed E-state index contributed by atoms with van der Waals surface area (Å²) in [6.45, 7) is 3.96. The first-order valence-electron chi connectivity index (χ1n) is 13.8. The minimum Gasteiger partial charge on any atom is -0.322 e. The molecule has 10 heteroatoms. The number of hydrogen-bond acceptors (Lipinski definition) is 5. The summed E-state index contributed by atoms with van der Waals surface area (Å²) in [6, 6.07) is 22.4. The molecule has 44 heavy (non-hydrogen) atoms. The number of thiophene rings is 1. The van der Waals surface area contributed by atoms with Crippen LogP contribution in [-0.2, 0) is 6.42 Å². The molecule has 5 aromatic rings.